The predicted octanol–water partition coefficient (Wildman–Crippen LogP) is 1.73. The van der Waals surface area contributed by atoms with Crippen LogP contribution in [0.3, 0.4) is 0 Å². The van der Waals surface area contributed by atoms with Crippen LogP contribution in [0.15, 0.2) is 30.3 Å². The molecule has 1 N–H and O–H groups in total. The van der Waals surface area contributed by atoms with Crippen LogP contribution >= 0.6 is 0 Å². The largest absolute Gasteiger partial charge is 0.394 e. The van der Waals surface area contributed by atoms with Crippen LogP contribution in [0, 0.1) is 0 Å². The zero-order chi connectivity index (χ0) is 16.8. The maximum atomic E-state index is 13.4. The molecule has 0 spiro atoms. The molecule has 0 radical (unpaired) electrons. The quantitative estimate of drug-likeness (QED) is 0.892. The summed E-state index contributed by atoms with van der Waals surface area (Å²) in [5, 5.41) is 8.87. The van der Waals surface area contributed by atoms with Gasteiger partial charge in [0.2, 0.25) is 5.91 Å². The van der Waals surface area contributed by atoms with E-state index in [1.165, 1.54) is 0 Å². The summed E-state index contributed by atoms with van der Waals surface area (Å²) in [4.78, 5) is 15.4. The van der Waals surface area contributed by atoms with Gasteiger partial charge in [-0.05, 0) is 31.2 Å². The van der Waals surface area contributed by atoms with Gasteiger partial charge in [0, 0.05) is 26.3 Å². The fourth-order valence-corrected chi connectivity index (χ4v) is 3.85. The number of piperidine rings is 1. The second-order valence-corrected chi connectivity index (χ2v) is 6.65. The number of amides is 1. The molecule has 0 bridgehead atoms. The standard InChI is InChI=1S/C19H27NO4/c21-12-15-24-17-6-10-20(11-7-17)18(22)19(8-13-23-14-9-19)16-4-2-1-3-5-16/h1-5,17,21H,6-15H2. The van der Waals surface area contributed by atoms with Crippen LogP contribution in [-0.4, -0.2) is 61.5 Å². The van der Waals surface area contributed by atoms with Crippen molar-refractivity contribution in [3.8, 4) is 0 Å². The van der Waals surface area contributed by atoms with Crippen molar-refractivity contribution in [1.29, 1.82) is 0 Å². The van der Waals surface area contributed by atoms with Crippen LogP contribution in [0.25, 0.3) is 0 Å². The summed E-state index contributed by atoms with van der Waals surface area (Å²) < 4.78 is 11.1. The number of hydrogen-bond acceptors (Lipinski definition) is 4. The van der Waals surface area contributed by atoms with Crippen LogP contribution in [0.1, 0.15) is 31.2 Å². The molecule has 0 saturated carbocycles. The second kappa shape index (κ2) is 8.10. The van der Waals surface area contributed by atoms with Gasteiger partial charge in [-0.3, -0.25) is 4.79 Å². The smallest absolute Gasteiger partial charge is 0.233 e. The molecule has 2 saturated heterocycles. The molecule has 0 atom stereocenters. The lowest BCUT2D eigenvalue weighted by Crippen LogP contribution is -2.52. The third-order valence-electron chi connectivity index (χ3n) is 5.26. The van der Waals surface area contributed by atoms with Gasteiger partial charge < -0.3 is 19.5 Å². The Hall–Kier alpha value is -1.43. The van der Waals surface area contributed by atoms with Crippen molar-refractivity contribution in [1.82, 2.24) is 4.90 Å². The van der Waals surface area contributed by atoms with Crippen LogP contribution in [0.2, 0.25) is 0 Å². The van der Waals surface area contributed by atoms with Gasteiger partial charge in [0.05, 0.1) is 24.7 Å². The molecule has 0 aromatic heterocycles. The Kier molecular flexibility index (Phi) is 5.87. The molecule has 1 aromatic rings. The maximum absolute atomic E-state index is 13.4. The topological polar surface area (TPSA) is 59.0 Å². The van der Waals surface area contributed by atoms with E-state index in [4.69, 9.17) is 14.6 Å². The number of hydrogen-bond donors (Lipinski definition) is 1. The lowest BCUT2D eigenvalue weighted by molar-refractivity contribution is -0.144. The van der Waals surface area contributed by atoms with Crippen molar-refractivity contribution in [3.05, 3.63) is 35.9 Å². The Morgan fingerprint density at radius 2 is 1.88 bits per heavy atom. The predicted molar refractivity (Wildman–Crippen MR) is 90.8 cm³/mol. The first-order valence-electron chi connectivity index (χ1n) is 8.91. The van der Waals surface area contributed by atoms with Crippen molar-refractivity contribution in [2.75, 3.05) is 39.5 Å². The first kappa shape index (κ1) is 17.4. The van der Waals surface area contributed by atoms with Crippen molar-refractivity contribution in [2.24, 2.45) is 0 Å². The first-order chi connectivity index (χ1) is 11.8. The molecule has 24 heavy (non-hydrogen) atoms. The van der Waals surface area contributed by atoms with Crippen molar-refractivity contribution < 1.29 is 19.4 Å². The number of aliphatic hydroxyl groups is 1. The zero-order valence-corrected chi connectivity index (χ0v) is 14.2. The van der Waals surface area contributed by atoms with Gasteiger partial charge in [-0.1, -0.05) is 30.3 Å². The summed E-state index contributed by atoms with van der Waals surface area (Å²) in [5.74, 6) is 0.234. The third-order valence-corrected chi connectivity index (χ3v) is 5.26. The van der Waals surface area contributed by atoms with E-state index in [2.05, 4.69) is 12.1 Å². The average Bonchev–Trinajstić information content (AvgIpc) is 2.67. The van der Waals surface area contributed by atoms with Gasteiger partial charge >= 0.3 is 0 Å². The van der Waals surface area contributed by atoms with Crippen molar-refractivity contribution in [3.63, 3.8) is 0 Å². The highest BCUT2D eigenvalue weighted by Gasteiger charge is 2.44. The number of carbonyl (C=O) groups excluding carboxylic acids is 1. The summed E-state index contributed by atoms with van der Waals surface area (Å²) in [7, 11) is 0. The van der Waals surface area contributed by atoms with E-state index in [9.17, 15) is 4.79 Å². The third kappa shape index (κ3) is 3.63. The van der Waals surface area contributed by atoms with E-state index in [1.807, 2.05) is 23.1 Å². The van der Waals surface area contributed by atoms with Gasteiger partial charge in [0.15, 0.2) is 0 Å². The van der Waals surface area contributed by atoms with Crippen LogP contribution in [0.4, 0.5) is 0 Å². The number of carbonyl (C=O) groups is 1. The molecule has 2 fully saturated rings. The molecule has 5 heteroatoms. The van der Waals surface area contributed by atoms with E-state index in [0.717, 1.165) is 44.3 Å². The summed E-state index contributed by atoms with van der Waals surface area (Å²) in [6.07, 6.45) is 3.33. The SMILES string of the molecule is O=C(N1CCC(OCCO)CC1)C1(c2ccccc2)CCOCC1. The lowest BCUT2D eigenvalue weighted by Gasteiger charge is -2.42. The Bertz CT molecular complexity index is 519. The summed E-state index contributed by atoms with van der Waals surface area (Å²) >= 11 is 0. The Labute approximate surface area is 143 Å². The lowest BCUT2D eigenvalue weighted by atomic mass is 9.72. The number of rotatable bonds is 5. The van der Waals surface area contributed by atoms with Gasteiger partial charge in [0.1, 0.15) is 0 Å². The molecule has 2 aliphatic heterocycles. The van der Waals surface area contributed by atoms with Crippen LogP contribution < -0.4 is 0 Å². The van der Waals surface area contributed by atoms with Gasteiger partial charge in [-0.25, -0.2) is 0 Å². The van der Waals surface area contributed by atoms with E-state index >= 15 is 0 Å². The first-order valence-corrected chi connectivity index (χ1v) is 8.91. The second-order valence-electron chi connectivity index (χ2n) is 6.65. The Morgan fingerprint density at radius 1 is 1.21 bits per heavy atom. The number of likely N-dealkylation sites (tertiary alicyclic amines) is 1. The fraction of sp³-hybridized carbons (Fsp3) is 0.632. The van der Waals surface area contributed by atoms with Crippen molar-refractivity contribution in [2.45, 2.75) is 37.2 Å². The van der Waals surface area contributed by atoms with Gasteiger partial charge in [-0.15, -0.1) is 0 Å². The van der Waals surface area contributed by atoms with Gasteiger partial charge in [-0.2, -0.15) is 0 Å². The van der Waals surface area contributed by atoms with Crippen molar-refractivity contribution >= 4 is 5.91 Å². The average molecular weight is 333 g/mol. The molecule has 3 rings (SSSR count). The Balaban J connectivity index is 1.71. The summed E-state index contributed by atoms with van der Waals surface area (Å²) in [6, 6.07) is 10.1. The number of benzene rings is 1. The normalized spacial score (nSPS) is 21.6. The molecule has 2 aliphatic rings. The fourth-order valence-electron chi connectivity index (χ4n) is 3.85. The zero-order valence-electron chi connectivity index (χ0n) is 14.2. The molecule has 0 unspecified atom stereocenters. The highest BCUT2D eigenvalue weighted by molar-refractivity contribution is 5.88. The molecular formula is C19H27NO4. The maximum Gasteiger partial charge on any atom is 0.233 e. The number of aliphatic hydroxyl groups excluding tert-OH is 1. The minimum atomic E-state index is -0.446. The van der Waals surface area contributed by atoms with E-state index in [0.29, 0.717) is 19.8 Å². The molecule has 2 heterocycles. The van der Waals surface area contributed by atoms with E-state index in [1.54, 1.807) is 0 Å². The summed E-state index contributed by atoms with van der Waals surface area (Å²) in [5.41, 5.74) is 0.662. The summed E-state index contributed by atoms with van der Waals surface area (Å²) in [6.45, 7) is 3.16. The minimum absolute atomic E-state index is 0.0518. The van der Waals surface area contributed by atoms with E-state index < -0.39 is 5.41 Å². The Morgan fingerprint density at radius 3 is 2.50 bits per heavy atom. The molecule has 1 amide bonds. The molecular weight excluding hydrogens is 306 g/mol. The number of nitrogens with zero attached hydrogens (tertiary/aromatic N) is 1. The minimum Gasteiger partial charge on any atom is -0.394 e. The van der Waals surface area contributed by atoms with Crippen LogP contribution in [-0.2, 0) is 19.7 Å². The van der Waals surface area contributed by atoms with E-state index in [-0.39, 0.29) is 18.6 Å². The monoisotopic (exact) mass is 333 g/mol. The highest BCUT2D eigenvalue weighted by atomic mass is 16.5. The molecule has 0 aliphatic carbocycles. The molecule has 5 nitrogen and oxygen atoms in total. The molecule has 1 aromatic carbocycles. The van der Waals surface area contributed by atoms with Gasteiger partial charge in [0.25, 0.3) is 0 Å². The number of ether oxygens (including phenoxy) is 2. The molecule has 132 valence electrons. The highest BCUT2D eigenvalue weighted by Crippen LogP contribution is 2.37. The van der Waals surface area contributed by atoms with Crippen LogP contribution in [0.5, 0.6) is 0 Å².